The van der Waals surface area contributed by atoms with Crippen LogP contribution >= 0.6 is 7.60 Å². The molecule has 0 bridgehead atoms. The molecule has 0 spiro atoms. The van der Waals surface area contributed by atoms with E-state index in [-0.39, 0.29) is 114 Å². The first-order valence-electron chi connectivity index (χ1n) is 25.4. The number of hydrogen-bond donors (Lipinski definition) is 12. The maximum atomic E-state index is 13.9. The van der Waals surface area contributed by atoms with Crippen molar-refractivity contribution >= 4 is 84.2 Å². The zero-order chi connectivity index (χ0) is 60.1. The highest BCUT2D eigenvalue weighted by atomic mass is 31.2. The Morgan fingerprint density at radius 1 is 0.588 bits per heavy atom. The first-order chi connectivity index (χ1) is 37.6. The molecule has 0 aromatic heterocycles. The van der Waals surface area contributed by atoms with Crippen LogP contribution in [0.4, 0.5) is 5.69 Å². The monoisotopic (exact) mass is 1150 g/mol. The lowest BCUT2D eigenvalue weighted by molar-refractivity contribution is -0.163. The van der Waals surface area contributed by atoms with Crippen LogP contribution in [0, 0.1) is 5.92 Å². The van der Waals surface area contributed by atoms with E-state index in [0.29, 0.717) is 26.4 Å². The second-order valence-electron chi connectivity index (χ2n) is 18.4. The Balaban J connectivity index is 2.00. The molecule has 0 radical (unpaired) electrons. The lowest BCUT2D eigenvalue weighted by atomic mass is 10.0. The summed E-state index contributed by atoms with van der Waals surface area (Å²) in [5.41, 5.74) is 1.34. The second-order valence-corrected chi connectivity index (χ2v) is 20.3. The maximum Gasteiger partial charge on any atom is 0.328 e. The number of rotatable bonds is 37. The number of amides is 9. The topological polar surface area (TPSA) is 434 Å². The molecule has 2 aromatic rings. The van der Waals surface area contributed by atoms with Crippen LogP contribution in [-0.4, -0.2) is 180 Å². The molecule has 30 heteroatoms. The van der Waals surface area contributed by atoms with Crippen molar-refractivity contribution < 1.29 is 97.4 Å². The van der Waals surface area contributed by atoms with Gasteiger partial charge in [0.15, 0.2) is 5.78 Å². The summed E-state index contributed by atoms with van der Waals surface area (Å²) in [6.45, 7) is 3.03. The van der Waals surface area contributed by atoms with Crippen LogP contribution in [-0.2, 0) is 63.5 Å². The zero-order valence-corrected chi connectivity index (χ0v) is 45.7. The summed E-state index contributed by atoms with van der Waals surface area (Å²) >= 11 is 0. The van der Waals surface area contributed by atoms with Gasteiger partial charge in [-0.1, -0.05) is 24.3 Å². The number of aliphatic carboxylic acids is 2. The van der Waals surface area contributed by atoms with E-state index in [9.17, 15) is 87.7 Å². The molecular formula is C50H72N9O20P. The van der Waals surface area contributed by atoms with E-state index in [2.05, 4.69) is 31.9 Å². The van der Waals surface area contributed by atoms with Crippen molar-refractivity contribution in [2.75, 3.05) is 50.8 Å². The highest BCUT2D eigenvalue weighted by molar-refractivity contribution is 7.52. The fourth-order valence-electron chi connectivity index (χ4n) is 7.39. The van der Waals surface area contributed by atoms with E-state index in [4.69, 9.17) is 9.63 Å². The molecule has 0 heterocycles. The van der Waals surface area contributed by atoms with Crippen LogP contribution in [0.5, 0.6) is 0 Å². The SMILES string of the molecule is CC(=O)N[C@@H](CCCN(O)C(C)=O)C(=O)N[C@@H](CCCN(O)C(C)=O)C(=O)N[C@@H](CCCN(O)C(C)=O)C(=O)NCCCC(=O)c1ccc(C(=O)NCC(=O)Nc2ccc(CCOP(=O)(O)C[C@@H](CCC(=O)O)C(=O)O)cc2)cc1. The van der Waals surface area contributed by atoms with Crippen molar-refractivity contribution in [2.45, 2.75) is 116 Å². The largest absolute Gasteiger partial charge is 0.481 e. The van der Waals surface area contributed by atoms with Crippen LogP contribution in [0.2, 0.25) is 0 Å². The fraction of sp³-hybridized carbons (Fsp3) is 0.520. The number of Topliss-reactive ketones (excluding diaryl/α,β-unsaturated/α-hetero) is 1. The van der Waals surface area contributed by atoms with E-state index in [0.717, 1.165) is 27.7 Å². The molecule has 0 saturated heterocycles. The van der Waals surface area contributed by atoms with E-state index in [1.807, 2.05) is 0 Å². The quantitative estimate of drug-likeness (QED) is 0.0147. The minimum absolute atomic E-state index is 0.00480. The third-order valence-electron chi connectivity index (χ3n) is 11.8. The molecule has 0 aliphatic carbocycles. The van der Waals surface area contributed by atoms with Gasteiger partial charge >= 0.3 is 19.5 Å². The number of hydrogen-bond acceptors (Lipinski definition) is 17. The van der Waals surface area contributed by atoms with Crippen LogP contribution in [0.15, 0.2) is 48.5 Å². The molecule has 0 fully saturated rings. The third-order valence-corrected chi connectivity index (χ3v) is 13.3. The first-order valence-corrected chi connectivity index (χ1v) is 27.1. The van der Waals surface area contributed by atoms with Gasteiger partial charge in [-0.25, -0.2) is 15.2 Å². The second kappa shape index (κ2) is 35.0. The van der Waals surface area contributed by atoms with Crippen LogP contribution in [0.3, 0.4) is 0 Å². The molecular weight excluding hydrogens is 1080 g/mol. The van der Waals surface area contributed by atoms with Gasteiger partial charge in [0.05, 0.1) is 25.2 Å². The number of ketones is 1. The molecule has 29 nitrogen and oxygen atoms in total. The average molecular weight is 1150 g/mol. The van der Waals surface area contributed by atoms with Crippen molar-refractivity contribution in [1.82, 2.24) is 41.8 Å². The summed E-state index contributed by atoms with van der Waals surface area (Å²) in [6.07, 6.45) is -1.83. The molecule has 0 aliphatic rings. The lowest BCUT2D eigenvalue weighted by Gasteiger charge is -2.26. The molecule has 12 N–H and O–H groups in total. The Morgan fingerprint density at radius 3 is 1.52 bits per heavy atom. The van der Waals surface area contributed by atoms with Crippen molar-refractivity contribution in [1.29, 1.82) is 0 Å². The zero-order valence-electron chi connectivity index (χ0n) is 44.8. The average Bonchev–Trinajstić information content (AvgIpc) is 3.39. The molecule has 442 valence electrons. The van der Waals surface area contributed by atoms with E-state index < -0.39 is 116 Å². The summed E-state index contributed by atoms with van der Waals surface area (Å²) in [5.74, 6) is -10.8. The number of carboxylic acid groups (broad SMARTS) is 2. The predicted octanol–water partition coefficient (Wildman–Crippen LogP) is 0.972. The predicted molar refractivity (Wildman–Crippen MR) is 279 cm³/mol. The standard InChI is InChI=1S/C50H72N9O20P/c1-31(60)53-41(10-7-26-58(75)33(3)62)48(70)56-42(11-8-27-59(76)34(4)63)49(71)55-40(9-6-25-57(74)32(2)61)47(69)51-24-5-12-43(64)36-15-17-37(18-16-36)46(68)52-29-44(65)54-39-20-13-35(14-21-39)23-28-79-80(77,78)30-38(50(72)73)19-22-45(66)67/h13-18,20-21,38,40-42,74-76H,5-12,19,22-30H2,1-4H3,(H,51,69)(H,52,68)(H,53,60)(H,54,65)(H,55,71)(H,56,70)(H,66,67)(H,72,73)(H,77,78)/t38-,40+,41+,42+/m1/s1. The molecule has 2 aromatic carbocycles. The Labute approximate surface area is 460 Å². The molecule has 5 atom stereocenters. The molecule has 2 rings (SSSR count). The summed E-state index contributed by atoms with van der Waals surface area (Å²) in [5, 5.41) is 64.1. The number of hydroxylamine groups is 6. The van der Waals surface area contributed by atoms with Gasteiger partial charge in [-0.3, -0.25) is 77.7 Å². The van der Waals surface area contributed by atoms with E-state index in [1.165, 1.54) is 36.4 Å². The summed E-state index contributed by atoms with van der Waals surface area (Å²) in [4.78, 5) is 158. The number of nitrogens with zero attached hydrogens (tertiary/aromatic N) is 3. The number of nitrogens with one attached hydrogen (secondary N) is 6. The molecule has 0 aliphatic heterocycles. The molecule has 1 unspecified atom stereocenters. The van der Waals surface area contributed by atoms with E-state index in [1.54, 1.807) is 12.1 Å². The Morgan fingerprint density at radius 2 is 1.06 bits per heavy atom. The molecule has 9 amide bonds. The number of carbonyl (C=O) groups is 12. The Hall–Kier alpha value is -7.69. The van der Waals surface area contributed by atoms with Gasteiger partial charge in [-0.05, 0) is 87.6 Å². The highest BCUT2D eigenvalue weighted by Gasteiger charge is 2.32. The smallest absolute Gasteiger partial charge is 0.328 e. The summed E-state index contributed by atoms with van der Waals surface area (Å²) in [7, 11) is -4.36. The molecule has 0 saturated carbocycles. The number of benzene rings is 2. The number of carbonyl (C=O) groups excluding carboxylic acids is 10. The van der Waals surface area contributed by atoms with Gasteiger partial charge < -0.3 is 51.5 Å². The van der Waals surface area contributed by atoms with Crippen molar-refractivity contribution in [3.63, 3.8) is 0 Å². The van der Waals surface area contributed by atoms with Gasteiger partial charge in [-0.15, -0.1) is 0 Å². The van der Waals surface area contributed by atoms with Crippen molar-refractivity contribution in [3.05, 3.63) is 65.2 Å². The van der Waals surface area contributed by atoms with Crippen LogP contribution in [0.25, 0.3) is 0 Å². The lowest BCUT2D eigenvalue weighted by Crippen LogP contribution is -2.56. The summed E-state index contributed by atoms with van der Waals surface area (Å²) in [6, 6.07) is 7.82. The first kappa shape index (κ1) is 68.4. The highest BCUT2D eigenvalue weighted by Crippen LogP contribution is 2.44. The van der Waals surface area contributed by atoms with Crippen LogP contribution < -0.4 is 31.9 Å². The van der Waals surface area contributed by atoms with Crippen molar-refractivity contribution in [3.8, 4) is 0 Å². The third kappa shape index (κ3) is 27.3. The molecule has 80 heavy (non-hydrogen) atoms. The normalized spacial score (nSPS) is 13.1. The Kier molecular flexibility index (Phi) is 30.0. The van der Waals surface area contributed by atoms with Crippen molar-refractivity contribution in [2.24, 2.45) is 5.92 Å². The fourth-order valence-corrected chi connectivity index (χ4v) is 8.77. The van der Waals surface area contributed by atoms with E-state index >= 15 is 0 Å². The van der Waals surface area contributed by atoms with Gasteiger partial charge in [-0.2, -0.15) is 0 Å². The van der Waals surface area contributed by atoms with Gasteiger partial charge in [0.25, 0.3) is 5.91 Å². The summed E-state index contributed by atoms with van der Waals surface area (Å²) < 4.78 is 17.5. The van der Waals surface area contributed by atoms with Gasteiger partial charge in [0.1, 0.15) is 18.1 Å². The number of carboxylic acids is 2. The minimum atomic E-state index is -4.36. The Bertz CT molecular complexity index is 2530. The minimum Gasteiger partial charge on any atom is -0.481 e. The van der Waals surface area contributed by atoms with Crippen LogP contribution in [0.1, 0.15) is 118 Å². The van der Waals surface area contributed by atoms with Gasteiger partial charge in [0, 0.05) is 83.5 Å². The maximum absolute atomic E-state index is 13.9. The number of anilines is 1. The van der Waals surface area contributed by atoms with Gasteiger partial charge in [0.2, 0.25) is 47.3 Å².